The van der Waals surface area contributed by atoms with E-state index in [1.165, 1.54) is 29.6 Å². The molecule has 1 amide bonds. The molecule has 1 aliphatic carbocycles. The predicted molar refractivity (Wildman–Crippen MR) is 95.9 cm³/mol. The van der Waals surface area contributed by atoms with Crippen LogP contribution in [0.1, 0.15) is 38.9 Å². The fourth-order valence-electron chi connectivity index (χ4n) is 3.08. The second-order valence-electron chi connectivity index (χ2n) is 6.21. The molecule has 2 aromatic heterocycles. The molecule has 0 fully saturated rings. The molecule has 1 aromatic carbocycles. The Bertz CT molecular complexity index is 863. The number of para-hydroxylation sites is 1. The topological polar surface area (TPSA) is 63.9 Å². The van der Waals surface area contributed by atoms with Gasteiger partial charge in [-0.2, -0.15) is 0 Å². The lowest BCUT2D eigenvalue weighted by atomic mass is 10.0. The van der Waals surface area contributed by atoms with E-state index in [-0.39, 0.29) is 5.91 Å². The van der Waals surface area contributed by atoms with E-state index in [9.17, 15) is 4.79 Å². The monoisotopic (exact) mass is 353 g/mol. The van der Waals surface area contributed by atoms with Gasteiger partial charge >= 0.3 is 0 Å². The summed E-state index contributed by atoms with van der Waals surface area (Å²) in [7, 11) is 1.80. The van der Waals surface area contributed by atoms with Crippen molar-refractivity contribution >= 4 is 17.2 Å². The number of fused-ring (bicyclic) bond motifs is 1. The van der Waals surface area contributed by atoms with Gasteiger partial charge in [0.1, 0.15) is 5.01 Å². The molecule has 6 nitrogen and oxygen atoms in total. The summed E-state index contributed by atoms with van der Waals surface area (Å²) in [6.45, 7) is 0.510. The third-order valence-corrected chi connectivity index (χ3v) is 5.52. The molecule has 2 heterocycles. The van der Waals surface area contributed by atoms with Crippen molar-refractivity contribution in [2.75, 3.05) is 7.05 Å². The first kappa shape index (κ1) is 16.0. The van der Waals surface area contributed by atoms with Crippen molar-refractivity contribution in [2.45, 2.75) is 32.2 Å². The number of carbonyl (C=O) groups is 1. The molecule has 7 heteroatoms. The van der Waals surface area contributed by atoms with Crippen LogP contribution in [0, 0.1) is 0 Å². The van der Waals surface area contributed by atoms with Gasteiger partial charge in [-0.3, -0.25) is 4.79 Å². The van der Waals surface area contributed by atoms with Crippen LogP contribution in [0.15, 0.2) is 36.5 Å². The van der Waals surface area contributed by atoms with E-state index in [4.69, 9.17) is 4.98 Å². The molecule has 128 valence electrons. The highest BCUT2D eigenvalue weighted by Gasteiger charge is 2.21. The van der Waals surface area contributed by atoms with Gasteiger partial charge in [0.2, 0.25) is 0 Å². The average molecular weight is 353 g/mol. The maximum atomic E-state index is 12.8. The van der Waals surface area contributed by atoms with Crippen LogP contribution < -0.4 is 0 Å². The maximum Gasteiger partial charge on any atom is 0.274 e. The summed E-state index contributed by atoms with van der Waals surface area (Å²) in [5.41, 5.74) is 2.50. The van der Waals surface area contributed by atoms with Crippen LogP contribution in [-0.2, 0) is 19.4 Å². The van der Waals surface area contributed by atoms with Crippen molar-refractivity contribution in [1.82, 2.24) is 24.9 Å². The van der Waals surface area contributed by atoms with Crippen LogP contribution in [0.3, 0.4) is 0 Å². The van der Waals surface area contributed by atoms with Crippen LogP contribution in [-0.4, -0.2) is 37.8 Å². The van der Waals surface area contributed by atoms with Gasteiger partial charge in [0.05, 0.1) is 24.1 Å². The van der Waals surface area contributed by atoms with Gasteiger partial charge in [-0.15, -0.1) is 16.4 Å². The summed E-state index contributed by atoms with van der Waals surface area (Å²) < 4.78 is 1.58. The molecule has 0 spiro atoms. The molecule has 0 N–H and O–H groups in total. The van der Waals surface area contributed by atoms with Gasteiger partial charge in [-0.1, -0.05) is 23.4 Å². The van der Waals surface area contributed by atoms with Crippen LogP contribution in [0.25, 0.3) is 5.69 Å². The number of aryl methyl sites for hydroxylation is 2. The van der Waals surface area contributed by atoms with E-state index in [1.807, 2.05) is 30.3 Å². The van der Waals surface area contributed by atoms with Crippen molar-refractivity contribution in [3.8, 4) is 5.69 Å². The number of carbonyl (C=O) groups excluding carboxylic acids is 1. The van der Waals surface area contributed by atoms with Crippen LogP contribution in [0.2, 0.25) is 0 Å². The van der Waals surface area contributed by atoms with Crippen LogP contribution in [0.5, 0.6) is 0 Å². The van der Waals surface area contributed by atoms with Gasteiger partial charge in [0, 0.05) is 11.9 Å². The minimum Gasteiger partial charge on any atom is -0.334 e. The van der Waals surface area contributed by atoms with Gasteiger partial charge in [0.15, 0.2) is 5.69 Å². The molecule has 1 aliphatic rings. The van der Waals surface area contributed by atoms with Crippen LogP contribution >= 0.6 is 11.3 Å². The summed E-state index contributed by atoms with van der Waals surface area (Å²) in [5.74, 6) is -0.109. The summed E-state index contributed by atoms with van der Waals surface area (Å²) in [6, 6.07) is 9.56. The van der Waals surface area contributed by atoms with Gasteiger partial charge < -0.3 is 4.90 Å². The lowest BCUT2D eigenvalue weighted by molar-refractivity contribution is 0.0776. The highest BCUT2D eigenvalue weighted by atomic mass is 32.1. The molecule has 0 saturated carbocycles. The Morgan fingerprint density at radius 1 is 1.24 bits per heavy atom. The predicted octanol–water partition coefficient (Wildman–Crippen LogP) is 2.87. The largest absolute Gasteiger partial charge is 0.334 e. The number of aromatic nitrogens is 4. The van der Waals surface area contributed by atoms with E-state index < -0.39 is 0 Å². The molecule has 0 radical (unpaired) electrons. The van der Waals surface area contributed by atoms with Crippen molar-refractivity contribution in [2.24, 2.45) is 0 Å². The molecule has 0 unspecified atom stereocenters. The number of hydrogen-bond acceptors (Lipinski definition) is 5. The number of hydrogen-bond donors (Lipinski definition) is 0. The summed E-state index contributed by atoms with van der Waals surface area (Å²) in [6.07, 6.45) is 6.15. The van der Waals surface area contributed by atoms with E-state index >= 15 is 0 Å². The highest BCUT2D eigenvalue weighted by molar-refractivity contribution is 7.11. The number of amides is 1. The maximum absolute atomic E-state index is 12.8. The van der Waals surface area contributed by atoms with Crippen molar-refractivity contribution in [3.63, 3.8) is 0 Å². The first-order chi connectivity index (χ1) is 12.2. The van der Waals surface area contributed by atoms with Crippen molar-refractivity contribution < 1.29 is 4.79 Å². The number of nitrogens with zero attached hydrogens (tertiary/aromatic N) is 5. The Labute approximate surface area is 150 Å². The second-order valence-corrected chi connectivity index (χ2v) is 7.38. The van der Waals surface area contributed by atoms with Gasteiger partial charge in [-0.05, 0) is 37.8 Å². The highest BCUT2D eigenvalue weighted by Crippen LogP contribution is 2.27. The Kier molecular flexibility index (Phi) is 4.31. The molecule has 0 atom stereocenters. The smallest absolute Gasteiger partial charge is 0.274 e. The quantitative estimate of drug-likeness (QED) is 0.723. The minimum absolute atomic E-state index is 0.109. The number of rotatable bonds is 4. The first-order valence-corrected chi connectivity index (χ1v) is 9.23. The van der Waals surface area contributed by atoms with E-state index in [1.54, 1.807) is 28.0 Å². The third kappa shape index (κ3) is 3.19. The number of thiazole rings is 1. The molecule has 0 bridgehead atoms. The second kappa shape index (κ2) is 6.76. The fraction of sp³-hybridized carbons (Fsp3) is 0.333. The van der Waals surface area contributed by atoms with Crippen molar-refractivity contribution in [1.29, 1.82) is 0 Å². The summed E-state index contributed by atoms with van der Waals surface area (Å²) in [5, 5.41) is 8.97. The molecular formula is C18H19N5OS. The molecule has 3 aromatic rings. The average Bonchev–Trinajstić information content (AvgIpc) is 3.28. The lowest BCUT2D eigenvalue weighted by Crippen LogP contribution is -2.28. The zero-order valence-electron chi connectivity index (χ0n) is 14.1. The third-order valence-electron chi connectivity index (χ3n) is 4.38. The zero-order chi connectivity index (χ0) is 17.2. The molecular weight excluding hydrogens is 334 g/mol. The standard InChI is InChI=1S/C18H19N5OS/c1-22(12-17-20-14-9-5-6-10-16(14)25-17)18(24)15-11-19-21-23(15)13-7-3-2-4-8-13/h2-4,7-8,11H,5-6,9-10,12H2,1H3. The Hall–Kier alpha value is -2.54. The Morgan fingerprint density at radius 3 is 2.84 bits per heavy atom. The molecule has 0 saturated heterocycles. The Morgan fingerprint density at radius 2 is 2.04 bits per heavy atom. The molecule has 25 heavy (non-hydrogen) atoms. The summed E-state index contributed by atoms with van der Waals surface area (Å²) in [4.78, 5) is 20.6. The van der Waals surface area contributed by atoms with E-state index in [0.717, 1.165) is 23.5 Å². The van der Waals surface area contributed by atoms with E-state index in [2.05, 4.69) is 10.3 Å². The van der Waals surface area contributed by atoms with Crippen molar-refractivity contribution in [3.05, 3.63) is 57.8 Å². The minimum atomic E-state index is -0.109. The Balaban J connectivity index is 1.53. The lowest BCUT2D eigenvalue weighted by Gasteiger charge is -2.16. The SMILES string of the molecule is CN(Cc1nc2c(s1)CCCC2)C(=O)c1cnnn1-c1ccccc1. The molecule has 0 aliphatic heterocycles. The number of benzene rings is 1. The van der Waals surface area contributed by atoms with Gasteiger partial charge in [0.25, 0.3) is 5.91 Å². The van der Waals surface area contributed by atoms with Crippen LogP contribution in [0.4, 0.5) is 0 Å². The fourth-order valence-corrected chi connectivity index (χ4v) is 4.29. The first-order valence-electron chi connectivity index (χ1n) is 8.41. The summed E-state index contributed by atoms with van der Waals surface area (Å²) >= 11 is 1.74. The normalized spacial score (nSPS) is 13.5. The zero-order valence-corrected chi connectivity index (χ0v) is 14.9. The van der Waals surface area contributed by atoms with E-state index in [0.29, 0.717) is 12.2 Å². The molecule has 4 rings (SSSR count). The van der Waals surface area contributed by atoms with Gasteiger partial charge in [-0.25, -0.2) is 9.67 Å².